The molecule has 3 aromatic rings. The van der Waals surface area contributed by atoms with Crippen LogP contribution in [0.4, 0.5) is 5.69 Å². The molecule has 0 radical (unpaired) electrons. The fourth-order valence-corrected chi connectivity index (χ4v) is 2.84. The molecular formula is C13H12ClN3O2S. The van der Waals surface area contributed by atoms with Crippen molar-refractivity contribution in [2.24, 2.45) is 0 Å². The Balaban J connectivity index is 1.85. The number of benzene rings is 1. The van der Waals surface area contributed by atoms with E-state index in [0.717, 1.165) is 16.3 Å². The maximum absolute atomic E-state index is 9.40. The highest BCUT2D eigenvalue weighted by molar-refractivity contribution is 7.15. The van der Waals surface area contributed by atoms with Crippen molar-refractivity contribution in [3.05, 3.63) is 40.5 Å². The van der Waals surface area contributed by atoms with Gasteiger partial charge in [-0.25, -0.2) is 0 Å². The van der Waals surface area contributed by atoms with Gasteiger partial charge in [-0.15, -0.1) is 11.3 Å². The third kappa shape index (κ3) is 2.28. The number of imidazole rings is 1. The molecule has 0 aliphatic rings. The Labute approximate surface area is 124 Å². The van der Waals surface area contributed by atoms with E-state index in [-0.39, 0.29) is 5.75 Å². The normalized spacial score (nSPS) is 10.9. The standard InChI is InChI=1S/C13H12ClN3O2S/c1-19-12-10(17-4-5-20-13(17)16-12)7-15-8-2-3-11(18)9(14)6-8/h2-6,15,18H,7H2,1H3. The number of hydrogen-bond acceptors (Lipinski definition) is 5. The van der Waals surface area contributed by atoms with Crippen molar-refractivity contribution in [3.8, 4) is 11.6 Å². The van der Waals surface area contributed by atoms with E-state index in [4.69, 9.17) is 16.3 Å². The molecular weight excluding hydrogens is 298 g/mol. The number of hydrogen-bond donors (Lipinski definition) is 2. The first kappa shape index (κ1) is 13.1. The fraction of sp³-hybridized carbons (Fsp3) is 0.154. The molecule has 20 heavy (non-hydrogen) atoms. The number of anilines is 1. The Morgan fingerprint density at radius 2 is 2.35 bits per heavy atom. The average Bonchev–Trinajstić information content (AvgIpc) is 3.00. The SMILES string of the molecule is COc1nc2sccn2c1CNc1ccc(O)c(Cl)c1. The summed E-state index contributed by atoms with van der Waals surface area (Å²) >= 11 is 7.43. The van der Waals surface area contributed by atoms with E-state index in [9.17, 15) is 5.11 Å². The predicted octanol–water partition coefficient (Wildman–Crippen LogP) is 3.38. The highest BCUT2D eigenvalue weighted by Gasteiger charge is 2.13. The second-order valence-electron chi connectivity index (χ2n) is 4.14. The molecule has 0 fully saturated rings. The third-order valence-electron chi connectivity index (χ3n) is 2.93. The van der Waals surface area contributed by atoms with Gasteiger partial charge in [-0.3, -0.25) is 4.40 Å². The number of thiazole rings is 1. The third-order valence-corrected chi connectivity index (χ3v) is 3.98. The minimum absolute atomic E-state index is 0.0689. The minimum atomic E-state index is 0.0689. The molecule has 0 unspecified atom stereocenters. The highest BCUT2D eigenvalue weighted by atomic mass is 35.5. The Morgan fingerprint density at radius 3 is 3.10 bits per heavy atom. The van der Waals surface area contributed by atoms with Gasteiger partial charge in [0, 0.05) is 17.3 Å². The van der Waals surface area contributed by atoms with Crippen LogP contribution in [-0.4, -0.2) is 21.6 Å². The predicted molar refractivity (Wildman–Crippen MR) is 80.1 cm³/mol. The van der Waals surface area contributed by atoms with E-state index < -0.39 is 0 Å². The van der Waals surface area contributed by atoms with E-state index in [1.54, 1.807) is 36.6 Å². The van der Waals surface area contributed by atoms with Crippen LogP contribution in [0.5, 0.6) is 11.6 Å². The zero-order valence-corrected chi connectivity index (χ0v) is 12.2. The second-order valence-corrected chi connectivity index (χ2v) is 5.42. The molecule has 0 aliphatic heterocycles. The van der Waals surface area contributed by atoms with Gasteiger partial charge >= 0.3 is 0 Å². The number of phenolic OH excluding ortho intramolecular Hbond substituents is 1. The summed E-state index contributed by atoms with van der Waals surface area (Å²) in [7, 11) is 1.60. The van der Waals surface area contributed by atoms with Crippen molar-refractivity contribution in [1.29, 1.82) is 0 Å². The number of rotatable bonds is 4. The summed E-state index contributed by atoms with van der Waals surface area (Å²) in [5.41, 5.74) is 1.76. The summed E-state index contributed by atoms with van der Waals surface area (Å²) in [6.45, 7) is 0.544. The molecule has 0 spiro atoms. The summed E-state index contributed by atoms with van der Waals surface area (Å²) in [5, 5.41) is 14.9. The van der Waals surface area contributed by atoms with Gasteiger partial charge in [0.2, 0.25) is 5.88 Å². The first-order chi connectivity index (χ1) is 9.69. The topological polar surface area (TPSA) is 58.8 Å². The van der Waals surface area contributed by atoms with Gasteiger partial charge in [0.05, 0.1) is 18.7 Å². The van der Waals surface area contributed by atoms with E-state index in [2.05, 4.69) is 10.3 Å². The van der Waals surface area contributed by atoms with E-state index >= 15 is 0 Å². The lowest BCUT2D eigenvalue weighted by Gasteiger charge is -2.08. The Hall–Kier alpha value is -1.92. The van der Waals surface area contributed by atoms with Crippen LogP contribution in [0.15, 0.2) is 29.8 Å². The van der Waals surface area contributed by atoms with Crippen LogP contribution in [0, 0.1) is 0 Å². The first-order valence-corrected chi connectivity index (χ1v) is 7.15. The molecule has 2 heterocycles. The summed E-state index contributed by atoms with van der Waals surface area (Å²) in [6, 6.07) is 4.99. The molecule has 0 aliphatic carbocycles. The number of nitrogens with one attached hydrogen (secondary N) is 1. The van der Waals surface area contributed by atoms with Crippen LogP contribution in [0.2, 0.25) is 5.02 Å². The van der Waals surface area contributed by atoms with E-state index in [1.165, 1.54) is 0 Å². The van der Waals surface area contributed by atoms with Crippen LogP contribution in [0.1, 0.15) is 5.69 Å². The lowest BCUT2D eigenvalue weighted by molar-refractivity contribution is 0.395. The van der Waals surface area contributed by atoms with Crippen molar-refractivity contribution in [2.75, 3.05) is 12.4 Å². The van der Waals surface area contributed by atoms with E-state index in [0.29, 0.717) is 17.4 Å². The maximum Gasteiger partial charge on any atom is 0.238 e. The monoisotopic (exact) mass is 309 g/mol. The highest BCUT2D eigenvalue weighted by Crippen LogP contribution is 2.28. The lowest BCUT2D eigenvalue weighted by Crippen LogP contribution is -2.03. The summed E-state index contributed by atoms with van der Waals surface area (Å²) in [4.78, 5) is 5.28. The van der Waals surface area contributed by atoms with Gasteiger partial charge in [0.15, 0.2) is 4.96 Å². The van der Waals surface area contributed by atoms with Crippen molar-refractivity contribution >= 4 is 33.6 Å². The number of halogens is 1. The second kappa shape index (κ2) is 5.22. The Morgan fingerprint density at radius 1 is 1.50 bits per heavy atom. The number of ether oxygens (including phenoxy) is 1. The minimum Gasteiger partial charge on any atom is -0.506 e. The van der Waals surface area contributed by atoms with Crippen LogP contribution >= 0.6 is 22.9 Å². The molecule has 1 aromatic carbocycles. The number of methoxy groups -OCH3 is 1. The van der Waals surface area contributed by atoms with Crippen LogP contribution in [0.3, 0.4) is 0 Å². The Bertz CT molecular complexity index is 753. The van der Waals surface area contributed by atoms with Crippen molar-refractivity contribution in [2.45, 2.75) is 6.54 Å². The van der Waals surface area contributed by atoms with Crippen LogP contribution < -0.4 is 10.1 Å². The molecule has 0 bridgehead atoms. The lowest BCUT2D eigenvalue weighted by atomic mass is 10.3. The first-order valence-electron chi connectivity index (χ1n) is 5.90. The molecule has 2 N–H and O–H groups in total. The van der Waals surface area contributed by atoms with Crippen LogP contribution in [0.25, 0.3) is 4.96 Å². The molecule has 2 aromatic heterocycles. The van der Waals surface area contributed by atoms with Crippen LogP contribution in [-0.2, 0) is 6.54 Å². The van der Waals surface area contributed by atoms with Gasteiger partial charge in [-0.05, 0) is 18.2 Å². The van der Waals surface area contributed by atoms with Gasteiger partial charge in [0.1, 0.15) is 11.4 Å². The summed E-state index contributed by atoms with van der Waals surface area (Å²) in [6.07, 6.45) is 1.95. The maximum atomic E-state index is 9.40. The number of aromatic nitrogens is 2. The average molecular weight is 310 g/mol. The molecule has 0 saturated heterocycles. The van der Waals surface area contributed by atoms with Gasteiger partial charge < -0.3 is 15.2 Å². The largest absolute Gasteiger partial charge is 0.506 e. The van der Waals surface area contributed by atoms with Crippen molar-refractivity contribution < 1.29 is 9.84 Å². The molecule has 3 rings (SSSR count). The summed E-state index contributed by atoms with van der Waals surface area (Å²) < 4.78 is 7.27. The quantitative estimate of drug-likeness (QED) is 0.725. The molecule has 5 nitrogen and oxygen atoms in total. The number of phenols is 1. The number of aromatic hydroxyl groups is 1. The van der Waals surface area contributed by atoms with Gasteiger partial charge in [-0.1, -0.05) is 11.6 Å². The number of fused-ring (bicyclic) bond motifs is 1. The molecule has 0 atom stereocenters. The Kier molecular flexibility index (Phi) is 3.42. The summed E-state index contributed by atoms with van der Waals surface area (Å²) in [5.74, 6) is 0.675. The number of nitrogens with zero attached hydrogens (tertiary/aromatic N) is 2. The van der Waals surface area contributed by atoms with Crippen molar-refractivity contribution in [1.82, 2.24) is 9.38 Å². The van der Waals surface area contributed by atoms with E-state index in [1.807, 2.05) is 16.0 Å². The van der Waals surface area contributed by atoms with Gasteiger partial charge in [0.25, 0.3) is 0 Å². The molecule has 104 valence electrons. The van der Waals surface area contributed by atoms with Crippen molar-refractivity contribution in [3.63, 3.8) is 0 Å². The zero-order valence-electron chi connectivity index (χ0n) is 10.6. The molecule has 0 saturated carbocycles. The smallest absolute Gasteiger partial charge is 0.238 e. The zero-order chi connectivity index (χ0) is 14.1. The van der Waals surface area contributed by atoms with Gasteiger partial charge in [-0.2, -0.15) is 4.98 Å². The fourth-order valence-electron chi connectivity index (χ4n) is 1.94. The molecule has 0 amide bonds. The molecule has 7 heteroatoms.